The van der Waals surface area contributed by atoms with Crippen LogP contribution in [0.5, 0.6) is 0 Å². The van der Waals surface area contributed by atoms with Crippen molar-refractivity contribution in [3.8, 4) is 0 Å². The summed E-state index contributed by atoms with van der Waals surface area (Å²) < 4.78 is 129. The van der Waals surface area contributed by atoms with Crippen LogP contribution >= 0.6 is 0 Å². The highest BCUT2D eigenvalue weighted by molar-refractivity contribution is 6.33. The maximum atomic E-state index is 11.7. The molecule has 33 nitrogen and oxygen atoms in total. The van der Waals surface area contributed by atoms with E-state index in [2.05, 4.69) is 13.2 Å². The molecule has 3 rings (SSSR count). The summed E-state index contributed by atoms with van der Waals surface area (Å²) in [5.41, 5.74) is 0. The maximum Gasteiger partial charge on any atom is 0.762 e. The van der Waals surface area contributed by atoms with Crippen LogP contribution < -0.4 is 0 Å². The fourth-order valence-electron chi connectivity index (χ4n) is 8.21. The van der Waals surface area contributed by atoms with Gasteiger partial charge in [-0.3, -0.25) is 75.3 Å². The van der Waals surface area contributed by atoms with E-state index in [1.165, 1.54) is 34.6 Å². The Hall–Kier alpha value is -7.84. The molecule has 3 fully saturated rings. The number of aliphatic hydroxyl groups is 1. The van der Waals surface area contributed by atoms with Gasteiger partial charge < -0.3 is 95.1 Å². The Morgan fingerprint density at radius 1 is 0.367 bits per heavy atom. The van der Waals surface area contributed by atoms with E-state index in [0.29, 0.717) is 19.4 Å². The first kappa shape index (κ1) is 94.4. The average Bonchev–Trinajstić information content (AvgIpc) is 0.805. The van der Waals surface area contributed by atoms with E-state index in [1.54, 1.807) is 12.2 Å². The van der Waals surface area contributed by atoms with E-state index in [9.17, 15) is 75.3 Å². The van der Waals surface area contributed by atoms with Gasteiger partial charge in [-0.05, 0) is 33.1 Å². The highest BCUT2D eigenvalue weighted by atomic mass is 19.4. The van der Waals surface area contributed by atoms with E-state index in [4.69, 9.17) is 95.1 Å². The predicted molar refractivity (Wildman–Crippen MR) is 327 cm³/mol. The fraction of sp³-hybridized carbons (Fsp3) is 0.721. The molecule has 0 saturated carbocycles. The minimum absolute atomic E-state index is 0.178. The molecule has 0 radical (unpaired) electrons. The number of hydrogen-bond donors (Lipinski definition) is 1. The maximum absolute atomic E-state index is 11.7. The second-order valence-electron chi connectivity index (χ2n) is 20.2. The SMILES string of the molecule is C=CCCO.C=CCCO[C@@H]1OC(COC(C)=O)[C@@H](OC(C)=O)[C@H](OC(C)=O)C1OC(C)=O.CC(=O)OCC1O[C@@H](OC(C)=O)C(OC(C)=O)[C@@H](OC(C)=O)[C@@H]1OC(C)=O.CCCCCO[C@@H]1OC(COC(C)=O)[C@@H](OC(C)=O)[C@H](OC(C)=O)C1OC(C)=O.CCOCC.FB(F)F. The van der Waals surface area contributed by atoms with Crippen LogP contribution in [0.25, 0.3) is 0 Å². The smallest absolute Gasteiger partial charge is 0.463 e. The summed E-state index contributed by atoms with van der Waals surface area (Å²) in [4.78, 5) is 149. The highest BCUT2D eigenvalue weighted by Crippen LogP contribution is 2.33. The molecule has 0 aromatic rings. The Morgan fingerprint density at radius 3 is 0.847 bits per heavy atom. The number of aliphatic hydroxyl groups excluding tert-OH is 1. The van der Waals surface area contributed by atoms with Gasteiger partial charge in [0.15, 0.2) is 61.4 Å². The molecule has 3 aliphatic heterocycles. The van der Waals surface area contributed by atoms with Gasteiger partial charge in [-0.2, -0.15) is 0 Å². The molecule has 0 spiro atoms. The first-order chi connectivity index (χ1) is 45.9. The quantitative estimate of drug-likeness (QED) is 0.0363. The molecular weight excluding hydrogens is 1330 g/mol. The molecule has 15 atom stereocenters. The lowest BCUT2D eigenvalue weighted by Crippen LogP contribution is -2.63. The van der Waals surface area contributed by atoms with Gasteiger partial charge in [-0.25, -0.2) is 0 Å². The van der Waals surface area contributed by atoms with Crippen LogP contribution in [0.3, 0.4) is 0 Å². The van der Waals surface area contributed by atoms with Crippen molar-refractivity contribution in [1.82, 2.24) is 0 Å². The zero-order valence-corrected chi connectivity index (χ0v) is 58.1. The van der Waals surface area contributed by atoms with Crippen LogP contribution in [-0.2, 0) is 152 Å². The molecule has 0 amide bonds. The van der Waals surface area contributed by atoms with Crippen LogP contribution in [0.15, 0.2) is 25.3 Å². The van der Waals surface area contributed by atoms with E-state index in [1.807, 2.05) is 20.8 Å². The van der Waals surface area contributed by atoms with Gasteiger partial charge in [0.25, 0.3) is 0 Å². The van der Waals surface area contributed by atoms with Crippen LogP contribution in [0.1, 0.15) is 143 Å². The molecule has 3 saturated heterocycles. The lowest BCUT2D eigenvalue weighted by Gasteiger charge is -2.44. The van der Waals surface area contributed by atoms with Crippen molar-refractivity contribution >= 4 is 85.1 Å². The molecule has 6 unspecified atom stereocenters. The monoisotopic (exact) mass is 1420 g/mol. The van der Waals surface area contributed by atoms with Crippen molar-refractivity contribution in [2.45, 2.75) is 235 Å². The minimum Gasteiger partial charge on any atom is -0.463 e. The predicted octanol–water partition coefficient (Wildman–Crippen LogP) is 4.05. The zero-order valence-electron chi connectivity index (χ0n) is 58.1. The third-order valence-electron chi connectivity index (χ3n) is 11.5. The molecular formula is C61H96BF3O33. The fourth-order valence-corrected chi connectivity index (χ4v) is 8.21. The summed E-state index contributed by atoms with van der Waals surface area (Å²) >= 11 is 0. The van der Waals surface area contributed by atoms with Crippen molar-refractivity contribution in [1.29, 1.82) is 0 Å². The third-order valence-corrected chi connectivity index (χ3v) is 11.5. The van der Waals surface area contributed by atoms with Crippen molar-refractivity contribution in [3.05, 3.63) is 25.3 Å². The van der Waals surface area contributed by atoms with Crippen molar-refractivity contribution in [2.75, 3.05) is 52.9 Å². The Labute approximate surface area is 567 Å². The number of ether oxygens (including phenoxy) is 19. The molecule has 3 aliphatic rings. The third kappa shape index (κ3) is 44.9. The number of esters is 13. The van der Waals surface area contributed by atoms with Crippen molar-refractivity contribution in [2.24, 2.45) is 0 Å². The Morgan fingerprint density at radius 2 is 0.622 bits per heavy atom. The Balaban J connectivity index is -0.00000125. The molecule has 1 N–H and O–H groups in total. The molecule has 0 aromatic heterocycles. The van der Waals surface area contributed by atoms with Gasteiger partial charge in [-0.15, -0.1) is 13.2 Å². The van der Waals surface area contributed by atoms with E-state index >= 15 is 0 Å². The van der Waals surface area contributed by atoms with Crippen LogP contribution in [0, 0.1) is 0 Å². The number of halogens is 3. The summed E-state index contributed by atoms with van der Waals surface area (Å²) in [6.45, 7) is 29.4. The summed E-state index contributed by atoms with van der Waals surface area (Å²) in [5.74, 6) is -8.93. The van der Waals surface area contributed by atoms with Gasteiger partial charge in [0.05, 0.1) is 6.61 Å². The van der Waals surface area contributed by atoms with Crippen molar-refractivity contribution in [3.63, 3.8) is 0 Å². The second kappa shape index (κ2) is 54.1. The van der Waals surface area contributed by atoms with Gasteiger partial charge in [-0.1, -0.05) is 31.9 Å². The number of unbranched alkanes of at least 4 members (excludes halogenated alkanes) is 2. The van der Waals surface area contributed by atoms with Crippen LogP contribution in [0.4, 0.5) is 12.9 Å². The van der Waals surface area contributed by atoms with Gasteiger partial charge in [0, 0.05) is 116 Å². The van der Waals surface area contributed by atoms with Crippen LogP contribution in [0.2, 0.25) is 0 Å². The first-order valence-corrected chi connectivity index (χ1v) is 30.5. The Bertz CT molecular complexity index is 2470. The normalized spacial score (nSPS) is 23.9. The molecule has 3 heterocycles. The molecule has 37 heteroatoms. The van der Waals surface area contributed by atoms with E-state index < -0.39 is 184 Å². The summed E-state index contributed by atoms with van der Waals surface area (Å²) in [6.07, 6.45) is -11.0. The van der Waals surface area contributed by atoms with Gasteiger partial charge in [0.1, 0.15) is 38.1 Å². The standard InChI is InChI=1S/C19H30O10.C18H26O10.C16H22O11.C4H10O.C4H8O.BF3/c1-6-7-8-9-24-19-18(28-14(5)23)17(27-13(4)22)16(26-12(3)21)15(29-19)10-25-11(2)20;1-6-7-8-23-18-17(27-13(5)22)16(26-12(4)21)15(25-11(3)20)14(28-18)9-24-10(2)19;1-7(17)22-6-12-13(23-8(2)18)14(24-9(3)19)15(25-10(4)20)16(27-12)26-11(5)21;1-3-5-4-2;1-2-3-4-5;2-1(3)4/h15-19H,6-10H2,1-5H3;6,14-18H,1,7-9H2,2-5H3;12-16H,6H2,1-5H3;3-4H2,1-2H3;2,5H,1,3-4H2;/t15?,16-,17+,18?,19-;14?,15-,16+,17?,18-;12?,13-,14+,15?,16-;;;/m111.../s1. The molecule has 562 valence electrons. The Kier molecular flexibility index (Phi) is 52.1. The number of rotatable bonds is 29. The van der Waals surface area contributed by atoms with E-state index in [-0.39, 0.29) is 26.4 Å². The molecule has 0 bridgehead atoms. The largest absolute Gasteiger partial charge is 0.762 e. The number of hydrogen-bond acceptors (Lipinski definition) is 33. The van der Waals surface area contributed by atoms with Crippen molar-refractivity contribution < 1.29 is 170 Å². The van der Waals surface area contributed by atoms with E-state index in [0.717, 1.165) is 87.9 Å². The minimum atomic E-state index is -3.67. The second-order valence-corrected chi connectivity index (χ2v) is 20.2. The van der Waals surface area contributed by atoms with Crippen LogP contribution in [-0.4, -0.2) is 235 Å². The lowest BCUT2D eigenvalue weighted by atomic mass is 9.98. The number of carbonyl (C=O) groups is 13. The summed E-state index contributed by atoms with van der Waals surface area (Å²) in [7, 11) is -3.67. The topological polar surface area (TPSA) is 418 Å². The lowest BCUT2D eigenvalue weighted by molar-refractivity contribution is -0.308. The van der Waals surface area contributed by atoms with Gasteiger partial charge in [0.2, 0.25) is 12.4 Å². The average molecular weight is 1430 g/mol. The molecule has 0 aromatic carbocycles. The summed E-state index contributed by atoms with van der Waals surface area (Å²) in [6, 6.07) is 0. The molecule has 0 aliphatic carbocycles. The first-order valence-electron chi connectivity index (χ1n) is 30.5. The summed E-state index contributed by atoms with van der Waals surface area (Å²) in [5, 5.41) is 8.00. The number of carbonyl (C=O) groups excluding carboxylic acids is 13. The zero-order chi connectivity index (χ0) is 75.8. The highest BCUT2D eigenvalue weighted by Gasteiger charge is 2.56. The van der Waals surface area contributed by atoms with Gasteiger partial charge >= 0.3 is 85.1 Å². The molecule has 98 heavy (non-hydrogen) atoms.